The first-order valence-corrected chi connectivity index (χ1v) is 13.0. The number of aliphatic hydroxyl groups is 2. The number of hydrogen-bond donors (Lipinski definition) is 4. The highest BCUT2D eigenvalue weighted by Gasteiger charge is 2.41. The molecule has 9 nitrogen and oxygen atoms in total. The van der Waals surface area contributed by atoms with Gasteiger partial charge in [0.2, 0.25) is 0 Å². The first kappa shape index (κ1) is 22.7. The highest BCUT2D eigenvalue weighted by molar-refractivity contribution is 6.33. The topological polar surface area (TPSA) is 126 Å². The van der Waals surface area contributed by atoms with Gasteiger partial charge in [0, 0.05) is 22.6 Å². The van der Waals surface area contributed by atoms with Crippen LogP contribution in [0.25, 0.3) is 43.1 Å². The lowest BCUT2D eigenvalue weighted by atomic mass is 9.89. The van der Waals surface area contributed by atoms with Crippen LogP contribution < -0.4 is 16.0 Å². The van der Waals surface area contributed by atoms with Crippen LogP contribution in [0.1, 0.15) is 23.1 Å². The first-order valence-electron chi connectivity index (χ1n) is 13.0. The zero-order chi connectivity index (χ0) is 26.4. The summed E-state index contributed by atoms with van der Waals surface area (Å²) in [7, 11) is 0. The largest absolute Gasteiger partial charge is 0.394 e. The molecular formula is C30H25N5O4. The molecule has 5 aromatic carbocycles. The smallest absolute Gasteiger partial charge is 0.276 e. The minimum absolute atomic E-state index is 0.219. The van der Waals surface area contributed by atoms with Crippen molar-refractivity contribution in [1.29, 1.82) is 0 Å². The van der Waals surface area contributed by atoms with E-state index in [1.807, 2.05) is 17.0 Å². The molecule has 1 saturated heterocycles. The van der Waals surface area contributed by atoms with Gasteiger partial charge in [-0.2, -0.15) is 0 Å². The van der Waals surface area contributed by atoms with E-state index in [9.17, 15) is 15.0 Å². The van der Waals surface area contributed by atoms with Gasteiger partial charge in [0.05, 0.1) is 24.7 Å². The van der Waals surface area contributed by atoms with Crippen molar-refractivity contribution in [2.75, 3.05) is 11.5 Å². The number of imidazole rings is 1. The SMILES string of the molecule is NC1NC(=O)c2ncn([C@H]3C[C@H](O)[C@@H](CO)O3)c2N1c1c2ccccc2c2ccc3cccc4ccc1c2c43. The number of nitrogens with two attached hydrogens (primary N) is 1. The Morgan fingerprint density at radius 2 is 1.69 bits per heavy atom. The van der Waals surface area contributed by atoms with Crippen LogP contribution in [0, 0.1) is 0 Å². The normalized spacial score (nSPS) is 23.4. The maximum Gasteiger partial charge on any atom is 0.276 e. The quantitative estimate of drug-likeness (QED) is 0.208. The number of aromatic nitrogens is 2. The lowest BCUT2D eigenvalue weighted by Crippen LogP contribution is -2.56. The van der Waals surface area contributed by atoms with Crippen molar-refractivity contribution in [3.63, 3.8) is 0 Å². The van der Waals surface area contributed by atoms with Crippen LogP contribution in [0.15, 0.2) is 73.1 Å². The molecule has 3 heterocycles. The van der Waals surface area contributed by atoms with Gasteiger partial charge in [-0.05, 0) is 26.9 Å². The average molecular weight is 520 g/mol. The van der Waals surface area contributed by atoms with E-state index in [4.69, 9.17) is 10.5 Å². The molecule has 4 atom stereocenters. The highest BCUT2D eigenvalue weighted by atomic mass is 16.5. The van der Waals surface area contributed by atoms with Crippen molar-refractivity contribution in [2.24, 2.45) is 5.73 Å². The zero-order valence-electron chi connectivity index (χ0n) is 20.8. The van der Waals surface area contributed by atoms with Crippen LogP contribution in [-0.2, 0) is 4.74 Å². The molecule has 6 aromatic rings. The fourth-order valence-electron chi connectivity index (χ4n) is 6.49. The predicted octanol–water partition coefficient (Wildman–Crippen LogP) is 3.70. The molecule has 0 radical (unpaired) electrons. The maximum atomic E-state index is 13.1. The summed E-state index contributed by atoms with van der Waals surface area (Å²) in [4.78, 5) is 19.4. The molecule has 39 heavy (non-hydrogen) atoms. The molecule has 2 aliphatic heterocycles. The van der Waals surface area contributed by atoms with E-state index in [1.54, 1.807) is 10.9 Å². The number of hydrogen-bond acceptors (Lipinski definition) is 7. The van der Waals surface area contributed by atoms with Crippen LogP contribution in [0.5, 0.6) is 0 Å². The highest BCUT2D eigenvalue weighted by Crippen LogP contribution is 2.48. The average Bonchev–Trinajstić information content (AvgIpc) is 3.56. The van der Waals surface area contributed by atoms with Crippen LogP contribution in [-0.4, -0.2) is 50.8 Å². The third-order valence-electron chi connectivity index (χ3n) is 8.21. The molecule has 0 aliphatic carbocycles. The summed E-state index contributed by atoms with van der Waals surface area (Å²) in [5.74, 6) is 0.106. The van der Waals surface area contributed by atoms with Crippen molar-refractivity contribution in [3.8, 4) is 0 Å². The number of fused-ring (bicyclic) bond motifs is 3. The Balaban J connectivity index is 1.47. The molecule has 0 bridgehead atoms. The maximum absolute atomic E-state index is 13.1. The third kappa shape index (κ3) is 3.04. The van der Waals surface area contributed by atoms with Crippen molar-refractivity contribution in [2.45, 2.75) is 31.1 Å². The van der Waals surface area contributed by atoms with Gasteiger partial charge in [-0.15, -0.1) is 0 Å². The summed E-state index contributed by atoms with van der Waals surface area (Å²) >= 11 is 0. The van der Waals surface area contributed by atoms with Gasteiger partial charge >= 0.3 is 0 Å². The van der Waals surface area contributed by atoms with Crippen LogP contribution in [0.4, 0.5) is 11.5 Å². The van der Waals surface area contributed by atoms with Crippen molar-refractivity contribution in [3.05, 3.63) is 78.8 Å². The summed E-state index contributed by atoms with van der Waals surface area (Å²) in [5, 5.41) is 31.8. The molecular weight excluding hydrogens is 494 g/mol. The van der Waals surface area contributed by atoms with Gasteiger partial charge < -0.3 is 20.3 Å². The standard InChI is InChI=1S/C30H25N5O4/c31-30-33-28(38)26-29(34(14-32-26)23-12-21(37)22(13-36)39-23)35(30)27-19-7-2-1-6-17(19)18-10-8-15-4-3-5-16-9-11-20(27)25(18)24(15)16/h1-11,14,21-23,30,36-37H,12-13,31H2,(H,33,38)/t21-,22+,23+,30?/m0/s1. The summed E-state index contributed by atoms with van der Waals surface area (Å²) in [6, 6.07) is 23.1. The molecule has 9 heteroatoms. The van der Waals surface area contributed by atoms with E-state index >= 15 is 0 Å². The first-order chi connectivity index (χ1) is 19.0. The predicted molar refractivity (Wildman–Crippen MR) is 149 cm³/mol. The molecule has 1 aromatic heterocycles. The summed E-state index contributed by atoms with van der Waals surface area (Å²) in [5.41, 5.74) is 7.78. The molecule has 0 saturated carbocycles. The van der Waals surface area contributed by atoms with Crippen LogP contribution >= 0.6 is 0 Å². The monoisotopic (exact) mass is 519 g/mol. The van der Waals surface area contributed by atoms with Crippen molar-refractivity contribution < 1.29 is 19.7 Å². The Morgan fingerprint density at radius 1 is 0.949 bits per heavy atom. The Bertz CT molecular complexity index is 1920. The molecule has 8 rings (SSSR count). The summed E-state index contributed by atoms with van der Waals surface area (Å²) in [6.45, 7) is -0.308. The van der Waals surface area contributed by atoms with E-state index in [2.05, 4.69) is 64.9 Å². The van der Waals surface area contributed by atoms with Crippen molar-refractivity contribution >= 4 is 60.5 Å². The second-order valence-electron chi connectivity index (χ2n) is 10.3. The Morgan fingerprint density at radius 3 is 2.44 bits per heavy atom. The minimum atomic E-state index is -0.887. The number of nitrogens with zero attached hydrogens (tertiary/aromatic N) is 3. The molecule has 194 valence electrons. The number of benzene rings is 5. The van der Waals surface area contributed by atoms with E-state index in [0.717, 1.165) is 43.4 Å². The molecule has 0 spiro atoms. The summed E-state index contributed by atoms with van der Waals surface area (Å²) in [6.07, 6.45) is -1.28. The lowest BCUT2D eigenvalue weighted by Gasteiger charge is -2.38. The van der Waals surface area contributed by atoms with E-state index in [0.29, 0.717) is 5.82 Å². The molecule has 2 aliphatic rings. The Labute approximate surface area is 222 Å². The van der Waals surface area contributed by atoms with E-state index in [1.165, 1.54) is 5.39 Å². The van der Waals surface area contributed by atoms with Crippen molar-refractivity contribution in [1.82, 2.24) is 14.9 Å². The number of anilines is 2. The Hall–Kier alpha value is -4.28. The van der Waals surface area contributed by atoms with Gasteiger partial charge in [-0.25, -0.2) is 4.98 Å². The second kappa shape index (κ2) is 8.11. The lowest BCUT2D eigenvalue weighted by molar-refractivity contribution is -0.0439. The van der Waals surface area contributed by atoms with E-state index in [-0.39, 0.29) is 24.6 Å². The molecule has 1 unspecified atom stereocenters. The van der Waals surface area contributed by atoms with Gasteiger partial charge in [0.1, 0.15) is 12.3 Å². The van der Waals surface area contributed by atoms with Gasteiger partial charge in [0.15, 0.2) is 17.8 Å². The van der Waals surface area contributed by atoms with Gasteiger partial charge in [0.25, 0.3) is 5.91 Å². The van der Waals surface area contributed by atoms with Crippen LogP contribution in [0.3, 0.4) is 0 Å². The minimum Gasteiger partial charge on any atom is -0.394 e. The van der Waals surface area contributed by atoms with E-state index < -0.39 is 24.7 Å². The molecule has 1 fully saturated rings. The van der Waals surface area contributed by atoms with Crippen LogP contribution in [0.2, 0.25) is 0 Å². The second-order valence-corrected chi connectivity index (χ2v) is 10.3. The Kier molecular flexibility index (Phi) is 4.72. The number of nitrogens with one attached hydrogen (secondary N) is 1. The number of carbonyl (C=O) groups excluding carboxylic acids is 1. The fraction of sp³-hybridized carbons (Fsp3) is 0.200. The number of carbonyl (C=O) groups is 1. The van der Waals surface area contributed by atoms with Gasteiger partial charge in [-0.1, -0.05) is 66.7 Å². The van der Waals surface area contributed by atoms with Gasteiger partial charge in [-0.3, -0.25) is 20.0 Å². The number of rotatable bonds is 3. The number of aliphatic hydroxyl groups excluding tert-OH is 2. The third-order valence-corrected chi connectivity index (χ3v) is 8.21. The fourth-order valence-corrected chi connectivity index (χ4v) is 6.49. The summed E-state index contributed by atoms with van der Waals surface area (Å²) < 4.78 is 7.73. The number of ether oxygens (including phenoxy) is 1. The number of amides is 1. The molecule has 5 N–H and O–H groups in total. The zero-order valence-corrected chi connectivity index (χ0v) is 20.8. The molecule has 1 amide bonds.